The molecule has 7 heteroatoms. The molecule has 2 atom stereocenters. The van der Waals surface area contributed by atoms with Crippen LogP contribution >= 0.6 is 11.3 Å². The van der Waals surface area contributed by atoms with Crippen LogP contribution in [0.3, 0.4) is 0 Å². The van der Waals surface area contributed by atoms with E-state index in [1.54, 1.807) is 6.92 Å². The lowest BCUT2D eigenvalue weighted by atomic mass is 10.1. The third kappa shape index (κ3) is 4.51. The molecule has 6 nitrogen and oxygen atoms in total. The van der Waals surface area contributed by atoms with Crippen molar-refractivity contribution in [2.75, 3.05) is 0 Å². The number of carbonyl (C=O) groups is 2. The van der Waals surface area contributed by atoms with E-state index >= 15 is 0 Å². The molecule has 0 aliphatic rings. The fourth-order valence-electron chi connectivity index (χ4n) is 1.26. The zero-order valence-electron chi connectivity index (χ0n) is 11.4. The Morgan fingerprint density at radius 2 is 1.89 bits per heavy atom. The molecule has 1 heterocycles. The maximum atomic E-state index is 11.7. The van der Waals surface area contributed by atoms with Crippen LogP contribution in [0.1, 0.15) is 49.2 Å². The highest BCUT2D eigenvalue weighted by Gasteiger charge is 2.17. The monoisotopic (exact) mass is 285 g/mol. The highest BCUT2D eigenvalue weighted by Crippen LogP contribution is 2.17. The third-order valence-electron chi connectivity index (χ3n) is 2.82. The zero-order chi connectivity index (χ0) is 14.6. The van der Waals surface area contributed by atoms with Gasteiger partial charge in [0.1, 0.15) is 5.01 Å². The van der Waals surface area contributed by atoms with Gasteiger partial charge in [0, 0.05) is 11.4 Å². The number of nitrogens with zero attached hydrogens (tertiary/aromatic N) is 1. The molecule has 3 N–H and O–H groups in total. The second-order valence-electron chi connectivity index (χ2n) is 4.75. The van der Waals surface area contributed by atoms with Crippen LogP contribution in [0.15, 0.2) is 5.38 Å². The standard InChI is InChI=1S/C12H19N3O3S/c1-6(2)7(3)13-12(18)14-8(4)10-15-9(5-19-10)11(16)17/h5-8H,1-4H3,(H,16,17)(H2,13,14,18). The van der Waals surface area contributed by atoms with Gasteiger partial charge in [0.25, 0.3) is 0 Å². The number of carboxylic acids is 1. The van der Waals surface area contributed by atoms with Gasteiger partial charge in [-0.25, -0.2) is 14.6 Å². The summed E-state index contributed by atoms with van der Waals surface area (Å²) in [6, 6.07) is -0.531. The van der Waals surface area contributed by atoms with Crippen LogP contribution in [0.25, 0.3) is 0 Å². The van der Waals surface area contributed by atoms with E-state index in [0.717, 1.165) is 0 Å². The number of carbonyl (C=O) groups excluding carboxylic acids is 1. The first kappa shape index (κ1) is 15.4. The van der Waals surface area contributed by atoms with Gasteiger partial charge in [-0.05, 0) is 19.8 Å². The van der Waals surface area contributed by atoms with Gasteiger partial charge < -0.3 is 15.7 Å². The lowest BCUT2D eigenvalue weighted by molar-refractivity contribution is 0.0691. The highest BCUT2D eigenvalue weighted by molar-refractivity contribution is 7.09. The summed E-state index contributed by atoms with van der Waals surface area (Å²) < 4.78 is 0. The lowest BCUT2D eigenvalue weighted by Gasteiger charge is -2.19. The van der Waals surface area contributed by atoms with Gasteiger partial charge in [-0.1, -0.05) is 13.8 Å². The van der Waals surface area contributed by atoms with Crippen molar-refractivity contribution >= 4 is 23.3 Å². The second-order valence-corrected chi connectivity index (χ2v) is 5.64. The Balaban J connectivity index is 2.56. The molecule has 1 aromatic heterocycles. The molecule has 0 radical (unpaired) electrons. The summed E-state index contributed by atoms with van der Waals surface area (Å²) in [5.41, 5.74) is 0.00427. The van der Waals surface area contributed by atoms with Crippen LogP contribution in [0.2, 0.25) is 0 Å². The lowest BCUT2D eigenvalue weighted by Crippen LogP contribution is -2.43. The maximum absolute atomic E-state index is 11.7. The van der Waals surface area contributed by atoms with Gasteiger partial charge in [-0.3, -0.25) is 0 Å². The Morgan fingerprint density at radius 1 is 1.26 bits per heavy atom. The van der Waals surface area contributed by atoms with Crippen molar-refractivity contribution in [2.24, 2.45) is 5.92 Å². The van der Waals surface area contributed by atoms with Gasteiger partial charge in [-0.15, -0.1) is 11.3 Å². The Hall–Kier alpha value is -1.63. The number of urea groups is 1. The summed E-state index contributed by atoms with van der Waals surface area (Å²) in [6.45, 7) is 7.74. The number of carboxylic acid groups (broad SMARTS) is 1. The molecule has 2 amide bonds. The van der Waals surface area contributed by atoms with E-state index in [4.69, 9.17) is 5.11 Å². The predicted octanol–water partition coefficient (Wildman–Crippen LogP) is 2.25. The van der Waals surface area contributed by atoms with Crippen molar-refractivity contribution in [1.29, 1.82) is 0 Å². The molecule has 0 spiro atoms. The maximum Gasteiger partial charge on any atom is 0.355 e. The van der Waals surface area contributed by atoms with E-state index in [2.05, 4.69) is 15.6 Å². The third-order valence-corrected chi connectivity index (χ3v) is 3.85. The minimum absolute atomic E-state index is 0.00427. The summed E-state index contributed by atoms with van der Waals surface area (Å²) in [4.78, 5) is 26.4. The van der Waals surface area contributed by atoms with E-state index in [1.165, 1.54) is 16.7 Å². The van der Waals surface area contributed by atoms with Gasteiger partial charge in [0.15, 0.2) is 5.69 Å². The number of thiazole rings is 1. The van der Waals surface area contributed by atoms with Crippen molar-refractivity contribution in [3.8, 4) is 0 Å². The first-order valence-corrected chi connectivity index (χ1v) is 6.95. The molecule has 0 saturated carbocycles. The quantitative estimate of drug-likeness (QED) is 0.773. The second kappa shape index (κ2) is 6.51. The van der Waals surface area contributed by atoms with E-state index in [9.17, 15) is 9.59 Å². The van der Waals surface area contributed by atoms with Gasteiger partial charge in [-0.2, -0.15) is 0 Å². The van der Waals surface area contributed by atoms with E-state index in [-0.39, 0.29) is 23.8 Å². The molecule has 106 valence electrons. The van der Waals surface area contributed by atoms with Crippen molar-refractivity contribution in [3.63, 3.8) is 0 Å². The fourth-order valence-corrected chi connectivity index (χ4v) is 2.06. The molecule has 0 bridgehead atoms. The first-order chi connectivity index (χ1) is 8.81. The molecule has 0 aliphatic heterocycles. The number of amides is 2. The van der Waals surface area contributed by atoms with E-state index in [0.29, 0.717) is 10.9 Å². The van der Waals surface area contributed by atoms with Crippen LogP contribution in [-0.4, -0.2) is 28.1 Å². The highest BCUT2D eigenvalue weighted by atomic mass is 32.1. The van der Waals surface area contributed by atoms with Crippen LogP contribution in [0, 0.1) is 5.92 Å². The molecule has 2 unspecified atom stereocenters. The van der Waals surface area contributed by atoms with E-state index < -0.39 is 5.97 Å². The Kier molecular flexibility index (Phi) is 5.29. The first-order valence-electron chi connectivity index (χ1n) is 6.07. The number of nitrogens with one attached hydrogen (secondary N) is 2. The smallest absolute Gasteiger partial charge is 0.355 e. The molecule has 1 aromatic rings. The number of aromatic nitrogens is 1. The number of aromatic carboxylic acids is 1. The topological polar surface area (TPSA) is 91.3 Å². The van der Waals surface area contributed by atoms with Crippen molar-refractivity contribution in [1.82, 2.24) is 15.6 Å². The van der Waals surface area contributed by atoms with Gasteiger partial charge in [0.05, 0.1) is 6.04 Å². The fraction of sp³-hybridized carbons (Fsp3) is 0.583. The molecule has 0 aliphatic carbocycles. The number of rotatable bonds is 5. The Morgan fingerprint density at radius 3 is 2.37 bits per heavy atom. The minimum Gasteiger partial charge on any atom is -0.476 e. The van der Waals surface area contributed by atoms with Crippen LogP contribution in [0.5, 0.6) is 0 Å². The number of hydrogen-bond donors (Lipinski definition) is 3. The molecule has 1 rings (SSSR count). The summed E-state index contributed by atoms with van der Waals surface area (Å²) in [5.74, 6) is -0.716. The average molecular weight is 285 g/mol. The summed E-state index contributed by atoms with van der Waals surface area (Å²) in [5, 5.41) is 16.4. The summed E-state index contributed by atoms with van der Waals surface area (Å²) in [7, 11) is 0. The van der Waals surface area contributed by atoms with Crippen LogP contribution in [0.4, 0.5) is 4.79 Å². The molecule has 0 aromatic carbocycles. The molecule has 0 saturated heterocycles. The Labute approximate surface area is 116 Å². The van der Waals surface area contributed by atoms with Crippen molar-refractivity contribution in [3.05, 3.63) is 16.1 Å². The molecule has 0 fully saturated rings. The van der Waals surface area contributed by atoms with E-state index in [1.807, 2.05) is 20.8 Å². The number of hydrogen-bond acceptors (Lipinski definition) is 4. The van der Waals surface area contributed by atoms with Crippen LogP contribution in [-0.2, 0) is 0 Å². The molecular weight excluding hydrogens is 266 g/mol. The Bertz CT molecular complexity index is 459. The average Bonchev–Trinajstić information content (AvgIpc) is 2.77. The largest absolute Gasteiger partial charge is 0.476 e. The van der Waals surface area contributed by atoms with Crippen molar-refractivity contribution < 1.29 is 14.7 Å². The normalized spacial score (nSPS) is 13.9. The summed E-state index contributed by atoms with van der Waals surface area (Å²) >= 11 is 1.22. The minimum atomic E-state index is -1.06. The zero-order valence-corrected chi connectivity index (χ0v) is 12.2. The van der Waals surface area contributed by atoms with Gasteiger partial charge >= 0.3 is 12.0 Å². The van der Waals surface area contributed by atoms with Gasteiger partial charge in [0.2, 0.25) is 0 Å². The van der Waals surface area contributed by atoms with Crippen LogP contribution < -0.4 is 10.6 Å². The molecular formula is C12H19N3O3S. The SMILES string of the molecule is CC(NC(=O)NC(C)C(C)C)c1nc(C(=O)O)cs1. The predicted molar refractivity (Wildman–Crippen MR) is 73.5 cm³/mol. The summed E-state index contributed by atoms with van der Waals surface area (Å²) in [6.07, 6.45) is 0. The van der Waals surface area contributed by atoms with Crippen molar-refractivity contribution in [2.45, 2.75) is 39.8 Å². The molecule has 19 heavy (non-hydrogen) atoms.